The molecule has 0 saturated carbocycles. The van der Waals surface area contributed by atoms with Crippen LogP contribution in [0.5, 0.6) is 0 Å². The van der Waals surface area contributed by atoms with Crippen LogP contribution in [0, 0.1) is 5.92 Å². The Morgan fingerprint density at radius 1 is 1.56 bits per heavy atom. The second-order valence-electron chi connectivity index (χ2n) is 3.93. The monoisotopic (exact) mass is 240 g/mol. The molecule has 1 aromatic rings. The van der Waals surface area contributed by atoms with E-state index in [1.807, 2.05) is 0 Å². The zero-order valence-corrected chi connectivity index (χ0v) is 10.3. The fourth-order valence-corrected chi connectivity index (χ4v) is 2.26. The van der Waals surface area contributed by atoms with E-state index in [9.17, 15) is 4.79 Å². The lowest BCUT2D eigenvalue weighted by molar-refractivity contribution is 0.0690. The van der Waals surface area contributed by atoms with E-state index in [-0.39, 0.29) is 5.69 Å². The first-order valence-corrected chi connectivity index (χ1v) is 6.12. The van der Waals surface area contributed by atoms with Crippen LogP contribution >= 0.6 is 11.8 Å². The molecule has 88 valence electrons. The lowest BCUT2D eigenvalue weighted by Gasteiger charge is -2.06. The second kappa shape index (κ2) is 5.75. The van der Waals surface area contributed by atoms with Gasteiger partial charge in [0.15, 0.2) is 0 Å². The average Bonchev–Trinajstić information content (AvgIpc) is 2.20. The van der Waals surface area contributed by atoms with Gasteiger partial charge in [-0.3, -0.25) is 0 Å². The van der Waals surface area contributed by atoms with Crippen molar-refractivity contribution in [2.75, 3.05) is 11.5 Å². The summed E-state index contributed by atoms with van der Waals surface area (Å²) in [5, 5.41) is 9.41. The van der Waals surface area contributed by atoms with Crippen molar-refractivity contribution in [2.24, 2.45) is 5.92 Å². The summed E-state index contributed by atoms with van der Waals surface area (Å²) < 4.78 is 0. The molecule has 1 aromatic heterocycles. The van der Waals surface area contributed by atoms with E-state index in [1.165, 1.54) is 17.8 Å². The van der Waals surface area contributed by atoms with Crippen molar-refractivity contribution in [3.05, 3.63) is 17.8 Å². The number of nitrogens with zero attached hydrogens (tertiary/aromatic N) is 1. The number of carboxylic acids is 1. The van der Waals surface area contributed by atoms with E-state index < -0.39 is 5.97 Å². The number of rotatable bonds is 5. The molecule has 0 aliphatic carbocycles. The number of carboxylic acid groups (broad SMARTS) is 1. The minimum Gasteiger partial charge on any atom is -0.477 e. The molecule has 16 heavy (non-hydrogen) atoms. The normalized spacial score (nSPS) is 10.7. The van der Waals surface area contributed by atoms with Crippen molar-refractivity contribution in [3.8, 4) is 0 Å². The molecule has 0 saturated heterocycles. The Labute approximate surface area is 99.3 Å². The fraction of sp³-hybridized carbons (Fsp3) is 0.455. The minimum atomic E-state index is -1.02. The number of nitrogens with two attached hydrogens (primary N) is 1. The van der Waals surface area contributed by atoms with Crippen LogP contribution in [0.1, 0.15) is 30.8 Å². The van der Waals surface area contributed by atoms with Crippen molar-refractivity contribution >= 4 is 23.4 Å². The SMILES string of the molecule is CC(C)CCSc1nc(C(=O)O)ccc1N. The highest BCUT2D eigenvalue weighted by molar-refractivity contribution is 7.99. The number of pyridine rings is 1. The van der Waals surface area contributed by atoms with Crippen molar-refractivity contribution in [1.29, 1.82) is 0 Å². The molecule has 1 heterocycles. The first kappa shape index (κ1) is 12.8. The zero-order valence-electron chi connectivity index (χ0n) is 9.43. The predicted molar refractivity (Wildman–Crippen MR) is 65.8 cm³/mol. The molecule has 0 fully saturated rings. The largest absolute Gasteiger partial charge is 0.477 e. The average molecular weight is 240 g/mol. The highest BCUT2D eigenvalue weighted by Gasteiger charge is 2.09. The quantitative estimate of drug-likeness (QED) is 0.773. The number of hydrogen-bond donors (Lipinski definition) is 2. The molecule has 0 atom stereocenters. The summed E-state index contributed by atoms with van der Waals surface area (Å²) in [5.41, 5.74) is 6.31. The third-order valence-corrected chi connectivity index (χ3v) is 3.08. The number of carbonyl (C=O) groups is 1. The molecule has 0 amide bonds. The van der Waals surface area contributed by atoms with E-state index >= 15 is 0 Å². The Bertz CT molecular complexity index is 380. The van der Waals surface area contributed by atoms with Crippen LogP contribution in [0.2, 0.25) is 0 Å². The Hall–Kier alpha value is -1.23. The highest BCUT2D eigenvalue weighted by Crippen LogP contribution is 2.24. The standard InChI is InChI=1S/C11H16N2O2S/c1-7(2)5-6-16-10-8(12)3-4-9(13-10)11(14)15/h3-4,7H,5-6,12H2,1-2H3,(H,14,15). The number of anilines is 1. The van der Waals surface area contributed by atoms with Crippen LogP contribution in [0.25, 0.3) is 0 Å². The Balaban J connectivity index is 2.70. The van der Waals surface area contributed by atoms with Gasteiger partial charge < -0.3 is 10.8 Å². The van der Waals surface area contributed by atoms with E-state index in [2.05, 4.69) is 18.8 Å². The topological polar surface area (TPSA) is 76.2 Å². The molecule has 0 aromatic carbocycles. The molecule has 0 bridgehead atoms. The molecule has 0 radical (unpaired) electrons. The summed E-state index contributed by atoms with van der Waals surface area (Å²) in [6.07, 6.45) is 1.06. The van der Waals surface area contributed by atoms with Gasteiger partial charge in [-0.25, -0.2) is 9.78 Å². The number of aromatic carboxylic acids is 1. The van der Waals surface area contributed by atoms with Gasteiger partial charge in [-0.1, -0.05) is 13.8 Å². The summed E-state index contributed by atoms with van der Waals surface area (Å²) in [7, 11) is 0. The molecule has 3 N–H and O–H groups in total. The van der Waals surface area contributed by atoms with Gasteiger partial charge in [0.05, 0.1) is 5.69 Å². The van der Waals surface area contributed by atoms with Gasteiger partial charge in [-0.05, 0) is 30.2 Å². The maximum atomic E-state index is 10.7. The van der Waals surface area contributed by atoms with Crippen molar-refractivity contribution in [1.82, 2.24) is 4.98 Å². The van der Waals surface area contributed by atoms with Gasteiger partial charge >= 0.3 is 5.97 Å². The maximum Gasteiger partial charge on any atom is 0.354 e. The molecular formula is C11H16N2O2S. The Kier molecular flexibility index (Phi) is 4.61. The second-order valence-corrected chi connectivity index (χ2v) is 5.01. The third kappa shape index (κ3) is 3.73. The molecule has 0 aliphatic heterocycles. The molecular weight excluding hydrogens is 224 g/mol. The number of hydrogen-bond acceptors (Lipinski definition) is 4. The maximum absolute atomic E-state index is 10.7. The van der Waals surface area contributed by atoms with Gasteiger partial charge in [0.2, 0.25) is 0 Å². The van der Waals surface area contributed by atoms with Crippen LogP contribution in [0.15, 0.2) is 17.2 Å². The van der Waals surface area contributed by atoms with E-state index in [1.54, 1.807) is 6.07 Å². The van der Waals surface area contributed by atoms with Crippen LogP contribution in [-0.2, 0) is 0 Å². The predicted octanol–water partition coefficient (Wildman–Crippen LogP) is 2.50. The van der Waals surface area contributed by atoms with Gasteiger partial charge in [-0.2, -0.15) is 0 Å². The summed E-state index contributed by atoms with van der Waals surface area (Å²) >= 11 is 1.51. The molecule has 5 heteroatoms. The molecule has 0 spiro atoms. The van der Waals surface area contributed by atoms with Gasteiger partial charge in [0.25, 0.3) is 0 Å². The van der Waals surface area contributed by atoms with Crippen molar-refractivity contribution in [3.63, 3.8) is 0 Å². The molecule has 0 unspecified atom stereocenters. The molecule has 1 rings (SSSR count). The van der Waals surface area contributed by atoms with E-state index in [0.29, 0.717) is 16.6 Å². The van der Waals surface area contributed by atoms with E-state index in [0.717, 1.165) is 12.2 Å². The van der Waals surface area contributed by atoms with Crippen molar-refractivity contribution in [2.45, 2.75) is 25.3 Å². The summed E-state index contributed by atoms with van der Waals surface area (Å²) in [6.45, 7) is 4.29. The van der Waals surface area contributed by atoms with E-state index in [4.69, 9.17) is 10.8 Å². The Morgan fingerprint density at radius 3 is 2.81 bits per heavy atom. The summed E-state index contributed by atoms with van der Waals surface area (Å²) in [5.74, 6) is 0.500. The van der Waals surface area contributed by atoms with Crippen LogP contribution in [0.4, 0.5) is 5.69 Å². The van der Waals surface area contributed by atoms with Crippen LogP contribution in [0.3, 0.4) is 0 Å². The molecule has 0 aliphatic rings. The number of aromatic nitrogens is 1. The number of thioether (sulfide) groups is 1. The van der Waals surface area contributed by atoms with Crippen LogP contribution in [-0.4, -0.2) is 21.8 Å². The van der Waals surface area contributed by atoms with Crippen LogP contribution < -0.4 is 5.73 Å². The van der Waals surface area contributed by atoms with Crippen molar-refractivity contribution < 1.29 is 9.90 Å². The smallest absolute Gasteiger partial charge is 0.354 e. The fourth-order valence-electron chi connectivity index (χ4n) is 1.08. The van der Waals surface area contributed by atoms with Gasteiger partial charge in [-0.15, -0.1) is 11.8 Å². The summed E-state index contributed by atoms with van der Waals surface area (Å²) in [4.78, 5) is 14.7. The highest BCUT2D eigenvalue weighted by atomic mass is 32.2. The lowest BCUT2D eigenvalue weighted by Crippen LogP contribution is -2.03. The first-order valence-electron chi connectivity index (χ1n) is 5.13. The molecule has 4 nitrogen and oxygen atoms in total. The summed E-state index contributed by atoms with van der Waals surface area (Å²) in [6, 6.07) is 3.01. The lowest BCUT2D eigenvalue weighted by atomic mass is 10.2. The Morgan fingerprint density at radius 2 is 2.25 bits per heavy atom. The van der Waals surface area contributed by atoms with Gasteiger partial charge in [0, 0.05) is 0 Å². The zero-order chi connectivity index (χ0) is 12.1. The first-order chi connectivity index (χ1) is 7.50. The minimum absolute atomic E-state index is 0.0428. The number of nitrogen functional groups attached to an aromatic ring is 1. The van der Waals surface area contributed by atoms with Gasteiger partial charge in [0.1, 0.15) is 10.7 Å². The third-order valence-electron chi connectivity index (χ3n) is 2.04.